The van der Waals surface area contributed by atoms with Crippen LogP contribution in [0.2, 0.25) is 5.02 Å². The van der Waals surface area contributed by atoms with Gasteiger partial charge in [0.2, 0.25) is 21.8 Å². The predicted molar refractivity (Wildman–Crippen MR) is 99.3 cm³/mol. The number of nitrogens with zero attached hydrogens (tertiary/aromatic N) is 2. The predicted octanol–water partition coefficient (Wildman–Crippen LogP) is 3.99. The molecule has 0 atom stereocenters. The van der Waals surface area contributed by atoms with Crippen molar-refractivity contribution in [3.05, 3.63) is 65.0 Å². The van der Waals surface area contributed by atoms with Crippen molar-refractivity contribution in [2.75, 3.05) is 0 Å². The Kier molecular flexibility index (Phi) is 5.41. The Labute approximate surface area is 157 Å². The summed E-state index contributed by atoms with van der Waals surface area (Å²) in [5, 5.41) is 8.40. The lowest BCUT2D eigenvalue weighted by Gasteiger charge is -2.08. The van der Waals surface area contributed by atoms with E-state index < -0.39 is 10.0 Å². The Morgan fingerprint density at radius 2 is 1.69 bits per heavy atom. The van der Waals surface area contributed by atoms with Crippen LogP contribution in [0.5, 0.6) is 0 Å². The SMILES string of the molecule is CC(C)c1ccc(S(=O)(=O)NCc2nnc(-c3ccc(Cl)cc3)o2)cc1. The van der Waals surface area contributed by atoms with Crippen LogP contribution in [-0.4, -0.2) is 18.6 Å². The van der Waals surface area contributed by atoms with Crippen molar-refractivity contribution in [2.24, 2.45) is 0 Å². The summed E-state index contributed by atoms with van der Waals surface area (Å²) in [7, 11) is -3.66. The van der Waals surface area contributed by atoms with Crippen molar-refractivity contribution in [1.82, 2.24) is 14.9 Å². The molecule has 6 nitrogen and oxygen atoms in total. The molecule has 136 valence electrons. The van der Waals surface area contributed by atoms with Gasteiger partial charge in [0.1, 0.15) is 0 Å². The number of aromatic nitrogens is 2. The lowest BCUT2D eigenvalue weighted by Crippen LogP contribution is -2.23. The Bertz CT molecular complexity index is 981. The van der Waals surface area contributed by atoms with Crippen molar-refractivity contribution < 1.29 is 12.8 Å². The largest absolute Gasteiger partial charge is 0.419 e. The van der Waals surface area contributed by atoms with Crippen LogP contribution in [0.3, 0.4) is 0 Å². The number of nitrogens with one attached hydrogen (secondary N) is 1. The molecule has 0 unspecified atom stereocenters. The van der Waals surface area contributed by atoms with Crippen LogP contribution in [0.4, 0.5) is 0 Å². The maximum Gasteiger partial charge on any atom is 0.247 e. The summed E-state index contributed by atoms with van der Waals surface area (Å²) in [6.45, 7) is 4.01. The van der Waals surface area contributed by atoms with Gasteiger partial charge < -0.3 is 4.42 Å². The fourth-order valence-electron chi connectivity index (χ4n) is 2.31. The third kappa shape index (κ3) is 4.30. The molecule has 26 heavy (non-hydrogen) atoms. The van der Waals surface area contributed by atoms with E-state index in [1.54, 1.807) is 36.4 Å². The molecule has 0 aliphatic rings. The molecule has 8 heteroatoms. The summed E-state index contributed by atoms with van der Waals surface area (Å²) in [5.41, 5.74) is 1.79. The van der Waals surface area contributed by atoms with Gasteiger partial charge in [-0.25, -0.2) is 13.1 Å². The molecule has 0 aliphatic carbocycles. The van der Waals surface area contributed by atoms with Crippen LogP contribution in [-0.2, 0) is 16.6 Å². The molecule has 0 radical (unpaired) electrons. The lowest BCUT2D eigenvalue weighted by molar-refractivity contribution is 0.494. The molecular weight excluding hydrogens is 374 g/mol. The highest BCUT2D eigenvalue weighted by Crippen LogP contribution is 2.21. The van der Waals surface area contributed by atoms with Crippen LogP contribution >= 0.6 is 11.6 Å². The van der Waals surface area contributed by atoms with E-state index in [1.807, 2.05) is 12.1 Å². The zero-order chi connectivity index (χ0) is 18.7. The normalized spacial score (nSPS) is 11.8. The fourth-order valence-corrected chi connectivity index (χ4v) is 3.41. The number of hydrogen-bond acceptors (Lipinski definition) is 5. The standard InChI is InChI=1S/C18H18ClN3O3S/c1-12(2)13-5-9-16(10-6-13)26(23,24)20-11-17-21-22-18(25-17)14-3-7-15(19)8-4-14/h3-10,12,20H,11H2,1-2H3. The second kappa shape index (κ2) is 7.57. The van der Waals surface area contributed by atoms with Gasteiger partial charge in [0.15, 0.2) is 0 Å². The van der Waals surface area contributed by atoms with Crippen molar-refractivity contribution in [1.29, 1.82) is 0 Å². The van der Waals surface area contributed by atoms with Crippen molar-refractivity contribution in [3.8, 4) is 11.5 Å². The molecular formula is C18H18ClN3O3S. The van der Waals surface area contributed by atoms with E-state index >= 15 is 0 Å². The van der Waals surface area contributed by atoms with Crippen LogP contribution in [0.25, 0.3) is 11.5 Å². The van der Waals surface area contributed by atoms with Gasteiger partial charge in [0, 0.05) is 10.6 Å². The molecule has 0 amide bonds. The number of halogens is 1. The van der Waals surface area contributed by atoms with E-state index in [4.69, 9.17) is 16.0 Å². The van der Waals surface area contributed by atoms with Gasteiger partial charge in [-0.05, 0) is 47.9 Å². The quantitative estimate of drug-likeness (QED) is 0.686. The Morgan fingerprint density at radius 3 is 2.31 bits per heavy atom. The summed E-state index contributed by atoms with van der Waals surface area (Å²) in [6, 6.07) is 13.7. The highest BCUT2D eigenvalue weighted by atomic mass is 35.5. The third-order valence-corrected chi connectivity index (χ3v) is 5.50. The summed E-state index contributed by atoms with van der Waals surface area (Å²) < 4.78 is 32.7. The minimum Gasteiger partial charge on any atom is -0.419 e. The Balaban J connectivity index is 1.69. The van der Waals surface area contributed by atoms with E-state index in [0.717, 1.165) is 5.56 Å². The number of sulfonamides is 1. The van der Waals surface area contributed by atoms with Gasteiger partial charge in [-0.1, -0.05) is 37.6 Å². The first-order chi connectivity index (χ1) is 12.3. The summed E-state index contributed by atoms with van der Waals surface area (Å²) in [5.74, 6) is 0.818. The Morgan fingerprint density at radius 1 is 1.04 bits per heavy atom. The zero-order valence-electron chi connectivity index (χ0n) is 14.3. The van der Waals surface area contributed by atoms with Crippen molar-refractivity contribution in [3.63, 3.8) is 0 Å². The second-order valence-electron chi connectivity index (χ2n) is 6.06. The van der Waals surface area contributed by atoms with Gasteiger partial charge in [0.25, 0.3) is 0 Å². The van der Waals surface area contributed by atoms with E-state index in [1.165, 1.54) is 0 Å². The highest BCUT2D eigenvalue weighted by molar-refractivity contribution is 7.89. The van der Waals surface area contributed by atoms with Crippen LogP contribution in [0.15, 0.2) is 57.8 Å². The van der Waals surface area contributed by atoms with Gasteiger partial charge >= 0.3 is 0 Å². The van der Waals surface area contributed by atoms with Crippen molar-refractivity contribution in [2.45, 2.75) is 31.2 Å². The minimum atomic E-state index is -3.66. The first-order valence-corrected chi connectivity index (χ1v) is 9.89. The van der Waals surface area contributed by atoms with Crippen molar-refractivity contribution >= 4 is 21.6 Å². The minimum absolute atomic E-state index is 0.0884. The first kappa shape index (κ1) is 18.6. The topological polar surface area (TPSA) is 85.1 Å². The van der Waals surface area contributed by atoms with Gasteiger partial charge in [0.05, 0.1) is 11.4 Å². The molecule has 3 aromatic rings. The molecule has 1 heterocycles. The average Bonchev–Trinajstić information content (AvgIpc) is 3.10. The number of hydrogen-bond donors (Lipinski definition) is 1. The Hall–Kier alpha value is -2.22. The maximum atomic E-state index is 12.4. The van der Waals surface area contributed by atoms with Crippen LogP contribution in [0, 0.1) is 0 Å². The molecule has 0 saturated heterocycles. The molecule has 0 fully saturated rings. The van der Waals surface area contributed by atoms with Crippen LogP contribution in [0.1, 0.15) is 31.2 Å². The fraction of sp³-hybridized carbons (Fsp3) is 0.222. The first-order valence-electron chi connectivity index (χ1n) is 8.03. The number of benzene rings is 2. The third-order valence-electron chi connectivity index (χ3n) is 3.83. The van der Waals surface area contributed by atoms with Gasteiger partial charge in [-0.3, -0.25) is 0 Å². The lowest BCUT2D eigenvalue weighted by atomic mass is 10.0. The average molecular weight is 392 g/mol. The van der Waals surface area contributed by atoms with E-state index in [9.17, 15) is 8.42 Å². The summed E-state index contributed by atoms with van der Waals surface area (Å²) in [6.07, 6.45) is 0. The summed E-state index contributed by atoms with van der Waals surface area (Å²) >= 11 is 5.85. The van der Waals surface area contributed by atoms with Gasteiger partial charge in [-0.2, -0.15) is 0 Å². The second-order valence-corrected chi connectivity index (χ2v) is 8.26. The molecule has 3 rings (SSSR count). The molecule has 0 saturated carbocycles. The monoisotopic (exact) mass is 391 g/mol. The molecule has 0 spiro atoms. The summed E-state index contributed by atoms with van der Waals surface area (Å²) in [4.78, 5) is 0.194. The maximum absolute atomic E-state index is 12.4. The zero-order valence-corrected chi connectivity index (χ0v) is 15.9. The number of rotatable bonds is 6. The molecule has 0 bridgehead atoms. The van der Waals surface area contributed by atoms with E-state index in [0.29, 0.717) is 22.4 Å². The molecule has 1 aromatic heterocycles. The molecule has 0 aliphatic heterocycles. The van der Waals surface area contributed by atoms with E-state index in [-0.39, 0.29) is 17.3 Å². The van der Waals surface area contributed by atoms with Crippen LogP contribution < -0.4 is 4.72 Å². The van der Waals surface area contributed by atoms with Gasteiger partial charge in [-0.15, -0.1) is 10.2 Å². The molecule has 1 N–H and O–H groups in total. The highest BCUT2D eigenvalue weighted by Gasteiger charge is 2.16. The van der Waals surface area contributed by atoms with E-state index in [2.05, 4.69) is 28.8 Å². The smallest absolute Gasteiger partial charge is 0.247 e. The molecule has 2 aromatic carbocycles.